The molecule has 1 aliphatic rings. The summed E-state index contributed by atoms with van der Waals surface area (Å²) in [6.07, 6.45) is 2.53. The summed E-state index contributed by atoms with van der Waals surface area (Å²) >= 11 is 0. The maximum absolute atomic E-state index is 11.3. The minimum Gasteiger partial charge on any atom is -0.382 e. The second kappa shape index (κ2) is 5.19. The third-order valence-electron chi connectivity index (χ3n) is 3.01. The molecular weight excluding hydrogens is 214 g/mol. The van der Waals surface area contributed by atoms with E-state index in [4.69, 9.17) is 5.73 Å². The van der Waals surface area contributed by atoms with Crippen molar-refractivity contribution in [3.8, 4) is 0 Å². The minimum absolute atomic E-state index is 0.0350. The number of carbonyl (C=O) groups excluding carboxylic acids is 1. The fourth-order valence-electron chi connectivity index (χ4n) is 1.95. The number of nitrogens with one attached hydrogen (secondary N) is 2. The first-order chi connectivity index (χ1) is 8.17. The number of amides is 1. The molecule has 0 atom stereocenters. The number of rotatable bonds is 4. The maximum Gasteiger partial charge on any atom is 0.224 e. The minimum atomic E-state index is 0.0350. The highest BCUT2D eigenvalue weighted by atomic mass is 16.1. The summed E-state index contributed by atoms with van der Waals surface area (Å²) < 4.78 is 0. The second-order valence-corrected chi connectivity index (χ2v) is 4.56. The maximum atomic E-state index is 11.3. The normalized spacial score (nSPS) is 22.7. The predicted octanol–water partition coefficient (Wildman–Crippen LogP) is 1.94. The highest BCUT2D eigenvalue weighted by molar-refractivity contribution is 5.90. The third-order valence-corrected chi connectivity index (χ3v) is 3.01. The van der Waals surface area contributed by atoms with Crippen molar-refractivity contribution in [1.82, 2.24) is 0 Å². The van der Waals surface area contributed by atoms with Gasteiger partial charge in [0.15, 0.2) is 0 Å². The van der Waals surface area contributed by atoms with Crippen LogP contribution in [0.2, 0.25) is 0 Å². The van der Waals surface area contributed by atoms with Crippen molar-refractivity contribution in [1.29, 1.82) is 0 Å². The first-order valence-electron chi connectivity index (χ1n) is 6.09. The van der Waals surface area contributed by atoms with Crippen molar-refractivity contribution in [3.63, 3.8) is 0 Å². The van der Waals surface area contributed by atoms with Crippen LogP contribution in [0.15, 0.2) is 24.3 Å². The molecule has 92 valence electrons. The van der Waals surface area contributed by atoms with Gasteiger partial charge in [-0.1, -0.05) is 13.0 Å². The van der Waals surface area contributed by atoms with E-state index < -0.39 is 0 Å². The summed E-state index contributed by atoms with van der Waals surface area (Å²) in [4.78, 5) is 11.3. The SMILES string of the molecule is CCC(=O)Nc1cccc(NC2CC(N)C2)c1. The Morgan fingerprint density at radius 1 is 1.41 bits per heavy atom. The summed E-state index contributed by atoms with van der Waals surface area (Å²) in [5.74, 6) is 0.0350. The molecule has 17 heavy (non-hydrogen) atoms. The van der Waals surface area contributed by atoms with Gasteiger partial charge in [-0.2, -0.15) is 0 Å². The molecule has 0 saturated heterocycles. The average Bonchev–Trinajstić information content (AvgIpc) is 2.27. The summed E-state index contributed by atoms with van der Waals surface area (Å²) in [7, 11) is 0. The summed E-state index contributed by atoms with van der Waals surface area (Å²) in [5.41, 5.74) is 7.62. The van der Waals surface area contributed by atoms with E-state index in [1.54, 1.807) is 0 Å². The predicted molar refractivity (Wildman–Crippen MR) is 70.0 cm³/mol. The van der Waals surface area contributed by atoms with E-state index in [0.29, 0.717) is 18.5 Å². The zero-order chi connectivity index (χ0) is 12.3. The number of benzene rings is 1. The Labute approximate surface area is 102 Å². The molecule has 0 bridgehead atoms. The van der Waals surface area contributed by atoms with Crippen molar-refractivity contribution in [2.45, 2.75) is 38.3 Å². The zero-order valence-electron chi connectivity index (χ0n) is 10.1. The Morgan fingerprint density at radius 2 is 2.12 bits per heavy atom. The van der Waals surface area contributed by atoms with E-state index in [2.05, 4.69) is 10.6 Å². The van der Waals surface area contributed by atoms with Crippen molar-refractivity contribution < 1.29 is 4.79 Å². The van der Waals surface area contributed by atoms with E-state index >= 15 is 0 Å². The molecule has 1 fully saturated rings. The van der Waals surface area contributed by atoms with Crippen molar-refractivity contribution in [3.05, 3.63) is 24.3 Å². The average molecular weight is 233 g/mol. The highest BCUT2D eigenvalue weighted by Crippen LogP contribution is 2.24. The van der Waals surface area contributed by atoms with Gasteiger partial charge in [0.2, 0.25) is 5.91 Å². The Kier molecular flexibility index (Phi) is 3.64. The van der Waals surface area contributed by atoms with Crippen molar-refractivity contribution in [2.24, 2.45) is 5.73 Å². The quantitative estimate of drug-likeness (QED) is 0.744. The molecule has 4 heteroatoms. The molecule has 1 aromatic rings. The van der Waals surface area contributed by atoms with Crippen LogP contribution in [0, 0.1) is 0 Å². The standard InChI is InChI=1S/C13H19N3O/c1-2-13(17)16-11-5-3-4-10(8-11)15-12-6-9(14)7-12/h3-5,8-9,12,15H,2,6-7,14H2,1H3,(H,16,17). The van der Waals surface area contributed by atoms with E-state index in [9.17, 15) is 4.79 Å². The highest BCUT2D eigenvalue weighted by Gasteiger charge is 2.25. The van der Waals surface area contributed by atoms with Gasteiger partial charge < -0.3 is 16.4 Å². The molecule has 0 aromatic heterocycles. The first kappa shape index (κ1) is 11.9. The smallest absolute Gasteiger partial charge is 0.224 e. The molecule has 0 radical (unpaired) electrons. The van der Waals surface area contributed by atoms with Gasteiger partial charge >= 0.3 is 0 Å². The van der Waals surface area contributed by atoms with E-state index in [1.807, 2.05) is 31.2 Å². The fourth-order valence-corrected chi connectivity index (χ4v) is 1.95. The third kappa shape index (κ3) is 3.20. The summed E-state index contributed by atoms with van der Waals surface area (Å²) in [6, 6.07) is 8.61. The zero-order valence-corrected chi connectivity index (χ0v) is 10.1. The lowest BCUT2D eigenvalue weighted by Gasteiger charge is -2.33. The topological polar surface area (TPSA) is 67.2 Å². The molecule has 4 nitrogen and oxygen atoms in total. The van der Waals surface area contributed by atoms with Crippen LogP contribution in [-0.2, 0) is 4.79 Å². The Balaban J connectivity index is 1.94. The van der Waals surface area contributed by atoms with Gasteiger partial charge in [0.25, 0.3) is 0 Å². The molecule has 0 heterocycles. The molecule has 1 aliphatic carbocycles. The second-order valence-electron chi connectivity index (χ2n) is 4.56. The van der Waals surface area contributed by atoms with E-state index in [0.717, 1.165) is 24.2 Å². The van der Waals surface area contributed by atoms with Gasteiger partial charge in [-0.15, -0.1) is 0 Å². The van der Waals surface area contributed by atoms with Crippen LogP contribution in [0.4, 0.5) is 11.4 Å². The van der Waals surface area contributed by atoms with Crippen LogP contribution in [0.3, 0.4) is 0 Å². The van der Waals surface area contributed by atoms with Crippen LogP contribution in [0.5, 0.6) is 0 Å². The van der Waals surface area contributed by atoms with E-state index in [-0.39, 0.29) is 5.91 Å². The molecule has 0 unspecified atom stereocenters. The van der Waals surface area contributed by atoms with Crippen LogP contribution in [0.1, 0.15) is 26.2 Å². The van der Waals surface area contributed by atoms with Gasteiger partial charge in [-0.25, -0.2) is 0 Å². The first-order valence-corrected chi connectivity index (χ1v) is 6.09. The monoisotopic (exact) mass is 233 g/mol. The van der Waals surface area contributed by atoms with E-state index in [1.165, 1.54) is 0 Å². The van der Waals surface area contributed by atoms with Crippen LogP contribution in [-0.4, -0.2) is 18.0 Å². The largest absolute Gasteiger partial charge is 0.382 e. The van der Waals surface area contributed by atoms with Crippen molar-refractivity contribution in [2.75, 3.05) is 10.6 Å². The van der Waals surface area contributed by atoms with Crippen LogP contribution in [0.25, 0.3) is 0 Å². The number of hydrogen-bond acceptors (Lipinski definition) is 3. The molecule has 4 N–H and O–H groups in total. The Morgan fingerprint density at radius 3 is 2.76 bits per heavy atom. The lowest BCUT2D eigenvalue weighted by atomic mass is 9.87. The summed E-state index contributed by atoms with van der Waals surface area (Å²) in [6.45, 7) is 1.84. The Hall–Kier alpha value is -1.55. The molecule has 0 aliphatic heterocycles. The molecule has 0 spiro atoms. The number of nitrogens with two attached hydrogens (primary N) is 1. The molecular formula is C13H19N3O. The molecule has 1 saturated carbocycles. The number of hydrogen-bond donors (Lipinski definition) is 3. The number of anilines is 2. The molecule has 1 amide bonds. The molecule has 1 aromatic carbocycles. The lowest BCUT2D eigenvalue weighted by molar-refractivity contribution is -0.115. The molecule has 2 rings (SSSR count). The van der Waals surface area contributed by atoms with Gasteiger partial charge in [0.05, 0.1) is 0 Å². The van der Waals surface area contributed by atoms with Gasteiger partial charge in [-0.05, 0) is 31.0 Å². The Bertz CT molecular complexity index is 399. The van der Waals surface area contributed by atoms with Gasteiger partial charge in [0.1, 0.15) is 0 Å². The van der Waals surface area contributed by atoms with Crippen molar-refractivity contribution >= 4 is 17.3 Å². The van der Waals surface area contributed by atoms with Crippen LogP contribution >= 0.6 is 0 Å². The number of carbonyl (C=O) groups is 1. The van der Waals surface area contributed by atoms with Gasteiger partial charge in [-0.3, -0.25) is 4.79 Å². The lowest BCUT2D eigenvalue weighted by Crippen LogP contribution is -2.44. The fraction of sp³-hybridized carbons (Fsp3) is 0.462. The summed E-state index contributed by atoms with van der Waals surface area (Å²) in [5, 5.41) is 6.26. The van der Waals surface area contributed by atoms with Crippen LogP contribution < -0.4 is 16.4 Å². The van der Waals surface area contributed by atoms with Gasteiger partial charge in [0, 0.05) is 29.9 Å².